The third-order valence-electron chi connectivity index (χ3n) is 5.47. The van der Waals surface area contributed by atoms with E-state index in [0.717, 1.165) is 33.5 Å². The highest BCUT2D eigenvalue weighted by Crippen LogP contribution is 2.29. The number of aromatic nitrogens is 3. The molecule has 7 heteroatoms. The van der Waals surface area contributed by atoms with E-state index in [9.17, 15) is 4.79 Å². The Kier molecular flexibility index (Phi) is 6.77. The van der Waals surface area contributed by atoms with Gasteiger partial charge in [0.2, 0.25) is 5.91 Å². The average Bonchev–Trinajstić information content (AvgIpc) is 3.33. The first kappa shape index (κ1) is 22.7. The number of amides is 1. The summed E-state index contributed by atoms with van der Waals surface area (Å²) in [6.45, 7) is 2.56. The van der Waals surface area contributed by atoms with Crippen molar-refractivity contribution < 1.29 is 9.53 Å². The summed E-state index contributed by atoms with van der Waals surface area (Å²) < 4.78 is 7.56. The number of benzene rings is 4. The van der Waals surface area contributed by atoms with Crippen LogP contribution in [0.1, 0.15) is 6.92 Å². The molecule has 1 amide bonds. The first-order valence-corrected chi connectivity index (χ1v) is 12.4. The molecule has 1 heterocycles. The van der Waals surface area contributed by atoms with Crippen LogP contribution in [0, 0.1) is 0 Å². The summed E-state index contributed by atoms with van der Waals surface area (Å²) in [5.74, 6) is 1.61. The molecule has 0 unspecified atom stereocenters. The summed E-state index contributed by atoms with van der Waals surface area (Å²) in [7, 11) is 0. The SMILES string of the molecule is CCOc1ccc(-n2c(SCC(=O)Nc3cccc4ccccc34)nnc2-c2ccccc2)cc1. The number of ether oxygens (including phenoxy) is 1. The molecule has 1 N–H and O–H groups in total. The molecule has 5 aromatic rings. The molecule has 6 nitrogen and oxygen atoms in total. The first-order valence-electron chi connectivity index (χ1n) is 11.4. The number of anilines is 1. The Morgan fingerprint density at radius 2 is 1.63 bits per heavy atom. The molecule has 4 aromatic carbocycles. The van der Waals surface area contributed by atoms with Crippen LogP contribution in [-0.2, 0) is 4.79 Å². The molecule has 1 aromatic heterocycles. The molecule has 0 aliphatic carbocycles. The number of rotatable bonds is 8. The van der Waals surface area contributed by atoms with E-state index in [0.29, 0.717) is 17.6 Å². The Hall–Kier alpha value is -4.10. The van der Waals surface area contributed by atoms with Crippen molar-refractivity contribution in [1.82, 2.24) is 14.8 Å². The average molecular weight is 481 g/mol. The minimum absolute atomic E-state index is 0.103. The zero-order chi connectivity index (χ0) is 24.0. The second-order valence-corrected chi connectivity index (χ2v) is 8.74. The van der Waals surface area contributed by atoms with Gasteiger partial charge in [-0.2, -0.15) is 0 Å². The predicted molar refractivity (Wildman–Crippen MR) is 141 cm³/mol. The van der Waals surface area contributed by atoms with Crippen LogP contribution in [0.4, 0.5) is 5.69 Å². The van der Waals surface area contributed by atoms with Crippen LogP contribution in [0.15, 0.2) is 102 Å². The van der Waals surface area contributed by atoms with Gasteiger partial charge >= 0.3 is 0 Å². The highest BCUT2D eigenvalue weighted by Gasteiger charge is 2.17. The highest BCUT2D eigenvalue weighted by atomic mass is 32.2. The van der Waals surface area contributed by atoms with Gasteiger partial charge in [0, 0.05) is 22.3 Å². The summed E-state index contributed by atoms with van der Waals surface area (Å²) in [6, 6.07) is 31.6. The van der Waals surface area contributed by atoms with E-state index in [4.69, 9.17) is 4.74 Å². The van der Waals surface area contributed by atoms with Gasteiger partial charge < -0.3 is 10.1 Å². The molecule has 0 radical (unpaired) electrons. The Labute approximate surface area is 208 Å². The Bertz CT molecular complexity index is 1440. The van der Waals surface area contributed by atoms with E-state index >= 15 is 0 Å². The lowest BCUT2D eigenvalue weighted by Gasteiger charge is -2.12. The van der Waals surface area contributed by atoms with Crippen LogP contribution in [0.2, 0.25) is 0 Å². The number of hydrogen-bond acceptors (Lipinski definition) is 5. The number of hydrogen-bond donors (Lipinski definition) is 1. The monoisotopic (exact) mass is 480 g/mol. The van der Waals surface area contributed by atoms with Crippen molar-refractivity contribution in [3.05, 3.63) is 97.1 Å². The number of thioether (sulfide) groups is 1. The molecule has 0 saturated carbocycles. The van der Waals surface area contributed by atoms with Crippen molar-refractivity contribution in [2.24, 2.45) is 0 Å². The van der Waals surface area contributed by atoms with Crippen LogP contribution in [-0.4, -0.2) is 33.0 Å². The molecule has 174 valence electrons. The third-order valence-corrected chi connectivity index (χ3v) is 6.40. The number of fused-ring (bicyclic) bond motifs is 1. The van der Waals surface area contributed by atoms with Gasteiger partial charge in [0.05, 0.1) is 12.4 Å². The molecule has 0 spiro atoms. The molecule has 5 rings (SSSR count). The summed E-state index contributed by atoms with van der Waals surface area (Å²) in [5.41, 5.74) is 2.64. The van der Waals surface area contributed by atoms with Gasteiger partial charge in [-0.25, -0.2) is 0 Å². The quantitative estimate of drug-likeness (QED) is 0.267. The number of carbonyl (C=O) groups is 1. The fraction of sp³-hybridized carbons (Fsp3) is 0.107. The van der Waals surface area contributed by atoms with Gasteiger partial charge in [-0.05, 0) is 42.6 Å². The molecule has 35 heavy (non-hydrogen) atoms. The second-order valence-electron chi connectivity index (χ2n) is 7.80. The summed E-state index contributed by atoms with van der Waals surface area (Å²) in [5, 5.41) is 14.7. The number of carbonyl (C=O) groups excluding carboxylic acids is 1. The largest absolute Gasteiger partial charge is 0.494 e. The van der Waals surface area contributed by atoms with Crippen molar-refractivity contribution in [2.45, 2.75) is 12.1 Å². The van der Waals surface area contributed by atoms with Crippen LogP contribution in [0.25, 0.3) is 27.8 Å². The van der Waals surface area contributed by atoms with Crippen LogP contribution in [0.5, 0.6) is 5.75 Å². The van der Waals surface area contributed by atoms with Gasteiger partial charge in [-0.15, -0.1) is 10.2 Å². The fourth-order valence-electron chi connectivity index (χ4n) is 3.88. The minimum Gasteiger partial charge on any atom is -0.494 e. The van der Waals surface area contributed by atoms with E-state index in [2.05, 4.69) is 15.5 Å². The summed E-state index contributed by atoms with van der Waals surface area (Å²) in [4.78, 5) is 12.9. The molecule has 0 aliphatic heterocycles. The zero-order valence-electron chi connectivity index (χ0n) is 19.2. The van der Waals surface area contributed by atoms with Crippen molar-refractivity contribution in [2.75, 3.05) is 17.7 Å². The zero-order valence-corrected chi connectivity index (χ0v) is 20.0. The molecular formula is C28H24N4O2S. The van der Waals surface area contributed by atoms with Gasteiger partial charge in [-0.3, -0.25) is 9.36 Å². The van der Waals surface area contributed by atoms with E-state index in [1.54, 1.807) is 0 Å². The maximum Gasteiger partial charge on any atom is 0.234 e. The van der Waals surface area contributed by atoms with Gasteiger partial charge in [-0.1, -0.05) is 78.5 Å². The minimum atomic E-state index is -0.103. The lowest BCUT2D eigenvalue weighted by molar-refractivity contribution is -0.113. The van der Waals surface area contributed by atoms with E-state index in [1.165, 1.54) is 11.8 Å². The first-order chi connectivity index (χ1) is 17.2. The predicted octanol–water partition coefficient (Wildman–Crippen LogP) is 6.22. The Morgan fingerprint density at radius 3 is 2.43 bits per heavy atom. The number of nitrogens with one attached hydrogen (secondary N) is 1. The van der Waals surface area contributed by atoms with Gasteiger partial charge in [0.25, 0.3) is 0 Å². The van der Waals surface area contributed by atoms with Gasteiger partial charge in [0.1, 0.15) is 5.75 Å². The molecular weight excluding hydrogens is 456 g/mol. The Morgan fingerprint density at radius 1 is 0.886 bits per heavy atom. The molecule has 0 fully saturated rings. The molecule has 0 bridgehead atoms. The van der Waals surface area contributed by atoms with Crippen LogP contribution < -0.4 is 10.1 Å². The van der Waals surface area contributed by atoms with Crippen molar-refractivity contribution in [3.63, 3.8) is 0 Å². The lowest BCUT2D eigenvalue weighted by Crippen LogP contribution is -2.14. The molecule has 0 atom stereocenters. The van der Waals surface area contributed by atoms with E-state index in [1.807, 2.05) is 109 Å². The lowest BCUT2D eigenvalue weighted by atomic mass is 10.1. The topological polar surface area (TPSA) is 69.0 Å². The second kappa shape index (κ2) is 10.4. The van der Waals surface area contributed by atoms with Crippen molar-refractivity contribution in [1.29, 1.82) is 0 Å². The summed E-state index contributed by atoms with van der Waals surface area (Å²) >= 11 is 1.35. The fourth-order valence-corrected chi connectivity index (χ4v) is 4.63. The summed E-state index contributed by atoms with van der Waals surface area (Å²) in [6.07, 6.45) is 0. The van der Waals surface area contributed by atoms with Gasteiger partial charge in [0.15, 0.2) is 11.0 Å². The maximum atomic E-state index is 12.9. The normalized spacial score (nSPS) is 10.9. The maximum absolute atomic E-state index is 12.9. The highest BCUT2D eigenvalue weighted by molar-refractivity contribution is 7.99. The van der Waals surface area contributed by atoms with Crippen LogP contribution in [0.3, 0.4) is 0 Å². The standard InChI is InChI=1S/C28H24N4O2S/c1-2-34-23-17-15-22(16-18-23)32-27(21-10-4-3-5-11-21)30-31-28(32)35-19-26(33)29-25-14-8-12-20-9-6-7-13-24(20)25/h3-18H,2,19H2,1H3,(H,29,33). The van der Waals surface area contributed by atoms with E-state index in [-0.39, 0.29) is 11.7 Å². The van der Waals surface area contributed by atoms with Crippen molar-refractivity contribution >= 4 is 34.1 Å². The molecule has 0 aliphatic rings. The van der Waals surface area contributed by atoms with Crippen LogP contribution >= 0.6 is 11.8 Å². The van der Waals surface area contributed by atoms with E-state index < -0.39 is 0 Å². The smallest absolute Gasteiger partial charge is 0.234 e. The number of nitrogens with zero attached hydrogens (tertiary/aromatic N) is 3. The Balaban J connectivity index is 1.40. The molecule has 0 saturated heterocycles. The third kappa shape index (κ3) is 5.05. The van der Waals surface area contributed by atoms with Crippen molar-refractivity contribution in [3.8, 4) is 22.8 Å².